The number of hydrogen-bond donors (Lipinski definition) is 4. The molecule has 6 nitrogen and oxygen atoms in total. The lowest BCUT2D eigenvalue weighted by Crippen LogP contribution is -2.04. The van der Waals surface area contributed by atoms with E-state index in [9.17, 15) is 4.79 Å². The number of rotatable bonds is 1. The first kappa shape index (κ1) is 12.8. The molecule has 1 rings (SSSR count). The first-order valence-electron chi connectivity index (χ1n) is 3.90. The smallest absolute Gasteiger partial charge is 0.503 e. The van der Waals surface area contributed by atoms with E-state index in [4.69, 9.17) is 20.1 Å². The Morgan fingerprint density at radius 2 is 1.53 bits per heavy atom. The van der Waals surface area contributed by atoms with Crippen LogP contribution in [0.2, 0.25) is 0 Å². The summed E-state index contributed by atoms with van der Waals surface area (Å²) >= 11 is 0. The molecule has 0 aliphatic heterocycles. The van der Waals surface area contributed by atoms with Crippen molar-refractivity contribution in [3.8, 4) is 5.75 Å². The number of nitrogens with one attached hydrogen (secondary N) is 1. The molecule has 0 atom stereocenters. The maximum Gasteiger partial charge on any atom is 0.503 e. The number of amides is 1. The highest BCUT2D eigenvalue weighted by atomic mass is 16.6. The van der Waals surface area contributed by atoms with Crippen LogP contribution >= 0.6 is 0 Å². The van der Waals surface area contributed by atoms with E-state index >= 15 is 0 Å². The van der Waals surface area contributed by atoms with E-state index in [0.717, 1.165) is 0 Å². The van der Waals surface area contributed by atoms with Crippen LogP contribution < -0.4 is 5.32 Å². The van der Waals surface area contributed by atoms with Crippen molar-refractivity contribution in [3.63, 3.8) is 0 Å². The fourth-order valence-corrected chi connectivity index (χ4v) is 0.748. The predicted molar refractivity (Wildman–Crippen MR) is 53.1 cm³/mol. The van der Waals surface area contributed by atoms with Gasteiger partial charge in [-0.15, -0.1) is 0 Å². The van der Waals surface area contributed by atoms with Crippen molar-refractivity contribution in [3.05, 3.63) is 24.3 Å². The maximum absolute atomic E-state index is 10.5. The molecule has 0 unspecified atom stereocenters. The third-order valence-electron chi connectivity index (χ3n) is 1.19. The van der Waals surface area contributed by atoms with Gasteiger partial charge in [-0.05, 0) is 24.3 Å². The minimum Gasteiger partial charge on any atom is -0.508 e. The molecular formula is C9H11NO5. The molecule has 1 amide bonds. The van der Waals surface area contributed by atoms with Crippen LogP contribution in [0, 0.1) is 0 Å². The van der Waals surface area contributed by atoms with Gasteiger partial charge in [-0.2, -0.15) is 0 Å². The van der Waals surface area contributed by atoms with Gasteiger partial charge in [0.25, 0.3) is 0 Å². The Labute approximate surface area is 85.8 Å². The summed E-state index contributed by atoms with van der Waals surface area (Å²) in [5.41, 5.74) is 0.690. The summed E-state index contributed by atoms with van der Waals surface area (Å²) in [5.74, 6) is 0.0785. The van der Waals surface area contributed by atoms with Crippen LogP contribution in [0.4, 0.5) is 10.5 Å². The van der Waals surface area contributed by atoms with Crippen LogP contribution in [0.25, 0.3) is 0 Å². The predicted octanol–water partition coefficient (Wildman–Crippen LogP) is 1.57. The molecule has 0 aliphatic rings. The topological polar surface area (TPSA) is 107 Å². The third-order valence-corrected chi connectivity index (χ3v) is 1.19. The molecule has 0 saturated carbocycles. The molecule has 1 aromatic rings. The number of carbonyl (C=O) groups is 2. The Morgan fingerprint density at radius 3 is 1.87 bits per heavy atom. The van der Waals surface area contributed by atoms with Gasteiger partial charge in [0.2, 0.25) is 5.91 Å². The Balaban J connectivity index is 0.000000423. The zero-order valence-electron chi connectivity index (χ0n) is 7.97. The summed E-state index contributed by atoms with van der Waals surface area (Å²) in [7, 11) is 0. The van der Waals surface area contributed by atoms with E-state index < -0.39 is 6.16 Å². The van der Waals surface area contributed by atoms with E-state index in [1.54, 1.807) is 12.1 Å². The SMILES string of the molecule is CC(=O)Nc1ccc(O)cc1.O=C(O)O. The van der Waals surface area contributed by atoms with Crippen molar-refractivity contribution < 1.29 is 24.9 Å². The summed E-state index contributed by atoms with van der Waals surface area (Å²) < 4.78 is 0. The second kappa shape index (κ2) is 6.25. The van der Waals surface area contributed by atoms with Crippen LogP contribution in [0.3, 0.4) is 0 Å². The Kier molecular flexibility index (Phi) is 5.32. The monoisotopic (exact) mass is 213 g/mol. The normalized spacial score (nSPS) is 8.33. The Bertz CT molecular complexity index is 329. The van der Waals surface area contributed by atoms with Gasteiger partial charge < -0.3 is 20.6 Å². The van der Waals surface area contributed by atoms with Gasteiger partial charge in [0.05, 0.1) is 0 Å². The number of carboxylic acid groups (broad SMARTS) is 2. The number of hydrogen-bond acceptors (Lipinski definition) is 3. The van der Waals surface area contributed by atoms with E-state index in [0.29, 0.717) is 5.69 Å². The molecular weight excluding hydrogens is 202 g/mol. The molecule has 0 spiro atoms. The molecule has 1 aromatic carbocycles. The number of aromatic hydroxyl groups is 1. The number of phenols is 1. The van der Waals surface area contributed by atoms with Crippen LogP contribution in [0.1, 0.15) is 6.92 Å². The summed E-state index contributed by atoms with van der Waals surface area (Å²) in [5, 5.41) is 25.4. The lowest BCUT2D eigenvalue weighted by Gasteiger charge is -1.99. The van der Waals surface area contributed by atoms with Gasteiger partial charge in [0.15, 0.2) is 0 Å². The van der Waals surface area contributed by atoms with Crippen LogP contribution in [-0.2, 0) is 4.79 Å². The second-order valence-electron chi connectivity index (χ2n) is 2.51. The molecule has 0 bridgehead atoms. The van der Waals surface area contributed by atoms with Crippen molar-refractivity contribution in [2.45, 2.75) is 6.92 Å². The number of benzene rings is 1. The second-order valence-corrected chi connectivity index (χ2v) is 2.51. The maximum atomic E-state index is 10.5. The van der Waals surface area contributed by atoms with Crippen LogP contribution in [-0.4, -0.2) is 27.4 Å². The van der Waals surface area contributed by atoms with Crippen molar-refractivity contribution in [1.82, 2.24) is 0 Å². The van der Waals surface area contributed by atoms with Crippen molar-refractivity contribution in [2.24, 2.45) is 0 Å². The fourth-order valence-electron chi connectivity index (χ4n) is 0.748. The molecule has 0 saturated heterocycles. The molecule has 0 heterocycles. The van der Waals surface area contributed by atoms with E-state index in [2.05, 4.69) is 5.32 Å². The standard InChI is InChI=1S/C8H9NO2.CH2O3/c1-6(10)9-7-2-4-8(11)5-3-7;2-1(3)4/h2-5,11H,1H3,(H,9,10);(H2,2,3,4). The summed E-state index contributed by atoms with van der Waals surface area (Å²) in [4.78, 5) is 19.1. The van der Waals surface area contributed by atoms with E-state index in [-0.39, 0.29) is 11.7 Å². The summed E-state index contributed by atoms with van der Waals surface area (Å²) in [6, 6.07) is 6.31. The molecule has 0 fully saturated rings. The molecule has 0 radical (unpaired) electrons. The highest BCUT2D eigenvalue weighted by molar-refractivity contribution is 5.88. The zero-order valence-corrected chi connectivity index (χ0v) is 7.97. The van der Waals surface area contributed by atoms with Crippen molar-refractivity contribution in [2.75, 3.05) is 5.32 Å². The number of anilines is 1. The van der Waals surface area contributed by atoms with Gasteiger partial charge in [0, 0.05) is 12.6 Å². The van der Waals surface area contributed by atoms with Crippen molar-refractivity contribution >= 4 is 17.7 Å². The molecule has 0 aromatic heterocycles. The highest BCUT2D eigenvalue weighted by Crippen LogP contribution is 2.13. The molecule has 82 valence electrons. The molecule has 0 aliphatic carbocycles. The van der Waals surface area contributed by atoms with Crippen molar-refractivity contribution in [1.29, 1.82) is 0 Å². The number of phenolic OH excluding ortho intramolecular Hbond substituents is 1. The average molecular weight is 213 g/mol. The highest BCUT2D eigenvalue weighted by Gasteiger charge is 1.93. The summed E-state index contributed by atoms with van der Waals surface area (Å²) in [6.07, 6.45) is -1.83. The first-order chi connectivity index (χ1) is 6.91. The van der Waals surface area contributed by atoms with E-state index in [1.807, 2.05) is 0 Å². The number of carbonyl (C=O) groups excluding carboxylic acids is 1. The lowest BCUT2D eigenvalue weighted by atomic mass is 10.3. The van der Waals surface area contributed by atoms with Crippen LogP contribution in [0.5, 0.6) is 5.75 Å². The van der Waals surface area contributed by atoms with Gasteiger partial charge >= 0.3 is 6.16 Å². The third kappa shape index (κ3) is 8.10. The molecule has 6 heteroatoms. The molecule has 15 heavy (non-hydrogen) atoms. The Morgan fingerprint density at radius 1 is 1.13 bits per heavy atom. The Hall–Kier alpha value is -2.24. The van der Waals surface area contributed by atoms with Gasteiger partial charge in [-0.25, -0.2) is 4.79 Å². The van der Waals surface area contributed by atoms with Gasteiger partial charge in [0.1, 0.15) is 5.75 Å². The first-order valence-corrected chi connectivity index (χ1v) is 3.90. The van der Waals surface area contributed by atoms with Gasteiger partial charge in [-0.1, -0.05) is 0 Å². The lowest BCUT2D eigenvalue weighted by molar-refractivity contribution is -0.114. The minimum atomic E-state index is -1.83. The fraction of sp³-hybridized carbons (Fsp3) is 0.111. The van der Waals surface area contributed by atoms with Gasteiger partial charge in [-0.3, -0.25) is 4.79 Å². The quantitative estimate of drug-likeness (QED) is 0.530. The largest absolute Gasteiger partial charge is 0.508 e. The average Bonchev–Trinajstić information content (AvgIpc) is 2.07. The summed E-state index contributed by atoms with van der Waals surface area (Å²) in [6.45, 7) is 1.44. The van der Waals surface area contributed by atoms with Crippen LogP contribution in [0.15, 0.2) is 24.3 Å². The minimum absolute atomic E-state index is 0.115. The molecule has 4 N–H and O–H groups in total. The zero-order chi connectivity index (χ0) is 11.8. The van der Waals surface area contributed by atoms with E-state index in [1.165, 1.54) is 19.1 Å².